The predicted octanol–water partition coefficient (Wildman–Crippen LogP) is 4.87. The SMILES string of the molecule is COc1cccc(N2CCN(CCC(=O)c3cn(C(=O)c4ccc(F)cc4)c4ccccc34)CC2)c1. The molecule has 1 aliphatic heterocycles. The number of fused-ring (bicyclic) bond motifs is 1. The summed E-state index contributed by atoms with van der Waals surface area (Å²) < 4.78 is 20.1. The van der Waals surface area contributed by atoms with E-state index in [1.54, 1.807) is 13.3 Å². The summed E-state index contributed by atoms with van der Waals surface area (Å²) in [4.78, 5) is 31.0. The topological polar surface area (TPSA) is 54.8 Å². The van der Waals surface area contributed by atoms with E-state index in [2.05, 4.69) is 15.9 Å². The Bertz CT molecular complexity index is 1390. The highest BCUT2D eigenvalue weighted by Crippen LogP contribution is 2.25. The van der Waals surface area contributed by atoms with E-state index in [4.69, 9.17) is 4.74 Å². The molecule has 3 aromatic carbocycles. The van der Waals surface area contributed by atoms with Gasteiger partial charge in [-0.25, -0.2) is 4.39 Å². The minimum Gasteiger partial charge on any atom is -0.497 e. The monoisotopic (exact) mass is 485 g/mol. The van der Waals surface area contributed by atoms with E-state index in [1.165, 1.54) is 28.8 Å². The van der Waals surface area contributed by atoms with E-state index in [9.17, 15) is 14.0 Å². The van der Waals surface area contributed by atoms with Gasteiger partial charge in [0, 0.05) is 73.6 Å². The van der Waals surface area contributed by atoms with E-state index in [-0.39, 0.29) is 11.7 Å². The summed E-state index contributed by atoms with van der Waals surface area (Å²) in [7, 11) is 1.67. The van der Waals surface area contributed by atoms with Crippen molar-refractivity contribution in [2.75, 3.05) is 44.7 Å². The van der Waals surface area contributed by atoms with E-state index in [0.717, 1.165) is 43.0 Å². The van der Waals surface area contributed by atoms with Crippen LogP contribution in [0.4, 0.5) is 10.1 Å². The smallest absolute Gasteiger partial charge is 0.262 e. The molecular weight excluding hydrogens is 457 g/mol. The van der Waals surface area contributed by atoms with Crippen molar-refractivity contribution < 1.29 is 18.7 Å². The molecule has 4 aromatic rings. The number of para-hydroxylation sites is 1. The number of ether oxygens (including phenoxy) is 1. The predicted molar refractivity (Wildman–Crippen MR) is 139 cm³/mol. The van der Waals surface area contributed by atoms with E-state index >= 15 is 0 Å². The second kappa shape index (κ2) is 10.3. The van der Waals surface area contributed by atoms with Crippen LogP contribution in [0, 0.1) is 5.82 Å². The number of piperazine rings is 1. The summed E-state index contributed by atoms with van der Waals surface area (Å²) in [5, 5.41) is 0.751. The summed E-state index contributed by atoms with van der Waals surface area (Å²) in [6, 6.07) is 20.9. The van der Waals surface area contributed by atoms with E-state index < -0.39 is 5.82 Å². The molecule has 6 nitrogen and oxygen atoms in total. The first-order chi connectivity index (χ1) is 17.5. The second-order valence-corrected chi connectivity index (χ2v) is 8.95. The average Bonchev–Trinajstić information content (AvgIpc) is 3.32. The fourth-order valence-corrected chi connectivity index (χ4v) is 4.73. The number of halogens is 1. The van der Waals surface area contributed by atoms with Crippen molar-refractivity contribution in [1.82, 2.24) is 9.47 Å². The molecule has 1 fully saturated rings. The van der Waals surface area contributed by atoms with Crippen LogP contribution >= 0.6 is 0 Å². The molecule has 0 radical (unpaired) electrons. The van der Waals surface area contributed by atoms with Crippen LogP contribution in [0.2, 0.25) is 0 Å². The average molecular weight is 486 g/mol. The number of carbonyl (C=O) groups excluding carboxylic acids is 2. The molecule has 0 saturated carbocycles. The molecule has 1 aliphatic rings. The largest absolute Gasteiger partial charge is 0.497 e. The van der Waals surface area contributed by atoms with Gasteiger partial charge in [-0.05, 0) is 42.5 Å². The lowest BCUT2D eigenvalue weighted by Crippen LogP contribution is -2.46. The number of anilines is 1. The molecule has 1 saturated heterocycles. The van der Waals surface area contributed by atoms with Gasteiger partial charge in [0.15, 0.2) is 5.78 Å². The molecule has 0 aliphatic carbocycles. The number of rotatable bonds is 7. The zero-order chi connectivity index (χ0) is 25.1. The number of methoxy groups -OCH3 is 1. The number of hydrogen-bond acceptors (Lipinski definition) is 5. The first-order valence-corrected chi connectivity index (χ1v) is 12.1. The van der Waals surface area contributed by atoms with Crippen LogP contribution in [0.3, 0.4) is 0 Å². The number of nitrogens with zero attached hydrogens (tertiary/aromatic N) is 3. The van der Waals surface area contributed by atoms with Gasteiger partial charge in [-0.1, -0.05) is 24.3 Å². The molecule has 0 N–H and O–H groups in total. The van der Waals surface area contributed by atoms with Crippen LogP contribution in [0.15, 0.2) is 79.0 Å². The van der Waals surface area contributed by atoms with Gasteiger partial charge in [-0.15, -0.1) is 0 Å². The maximum absolute atomic E-state index is 13.3. The van der Waals surface area contributed by atoms with Gasteiger partial charge in [-0.2, -0.15) is 0 Å². The number of hydrogen-bond donors (Lipinski definition) is 0. The van der Waals surface area contributed by atoms with Crippen molar-refractivity contribution in [2.45, 2.75) is 6.42 Å². The van der Waals surface area contributed by atoms with Crippen molar-refractivity contribution >= 4 is 28.3 Å². The molecule has 0 atom stereocenters. The van der Waals surface area contributed by atoms with Crippen molar-refractivity contribution in [2.24, 2.45) is 0 Å². The van der Waals surface area contributed by atoms with Crippen LogP contribution < -0.4 is 9.64 Å². The Morgan fingerprint density at radius 3 is 2.42 bits per heavy atom. The highest BCUT2D eigenvalue weighted by Gasteiger charge is 2.22. The van der Waals surface area contributed by atoms with Crippen LogP contribution in [0.25, 0.3) is 10.9 Å². The lowest BCUT2D eigenvalue weighted by atomic mass is 10.1. The Labute approximate surface area is 209 Å². The molecule has 36 heavy (non-hydrogen) atoms. The minimum absolute atomic E-state index is 0.00656. The molecule has 2 heterocycles. The van der Waals surface area contributed by atoms with Gasteiger partial charge >= 0.3 is 0 Å². The number of ketones is 1. The lowest BCUT2D eigenvalue weighted by Gasteiger charge is -2.36. The third kappa shape index (κ3) is 4.88. The standard InChI is InChI=1S/C29H28FN3O3/c1-36-24-6-4-5-23(19-24)32-17-15-31(16-18-32)14-13-28(34)26-20-33(27-8-3-2-7-25(26)27)29(35)21-9-11-22(30)12-10-21/h2-12,19-20H,13-18H2,1H3. The summed E-state index contributed by atoms with van der Waals surface area (Å²) >= 11 is 0. The van der Waals surface area contributed by atoms with Crippen molar-refractivity contribution in [3.05, 3.63) is 95.9 Å². The first-order valence-electron chi connectivity index (χ1n) is 12.1. The van der Waals surface area contributed by atoms with Gasteiger partial charge in [0.05, 0.1) is 12.6 Å². The summed E-state index contributed by atoms with van der Waals surface area (Å²) in [6.07, 6.45) is 2.00. The molecule has 0 spiro atoms. The van der Waals surface area contributed by atoms with Crippen LogP contribution in [0.1, 0.15) is 27.1 Å². The molecular formula is C29H28FN3O3. The normalized spacial score (nSPS) is 14.2. The van der Waals surface area contributed by atoms with Crippen LogP contribution in [0.5, 0.6) is 5.75 Å². The Morgan fingerprint density at radius 2 is 1.67 bits per heavy atom. The number of carbonyl (C=O) groups is 2. The van der Waals surface area contributed by atoms with Gasteiger partial charge in [0.1, 0.15) is 11.6 Å². The molecule has 5 rings (SSSR count). The maximum atomic E-state index is 13.3. The maximum Gasteiger partial charge on any atom is 0.262 e. The van der Waals surface area contributed by atoms with Crippen LogP contribution in [-0.2, 0) is 0 Å². The van der Waals surface area contributed by atoms with Gasteiger partial charge in [0.2, 0.25) is 0 Å². The fourth-order valence-electron chi connectivity index (χ4n) is 4.73. The highest BCUT2D eigenvalue weighted by atomic mass is 19.1. The fraction of sp³-hybridized carbons (Fsp3) is 0.241. The first kappa shape index (κ1) is 23.8. The molecule has 184 valence electrons. The quantitative estimate of drug-likeness (QED) is 0.350. The van der Waals surface area contributed by atoms with Gasteiger partial charge in [0.25, 0.3) is 5.91 Å². The Balaban J connectivity index is 1.25. The van der Waals surface area contributed by atoms with Crippen molar-refractivity contribution in [3.63, 3.8) is 0 Å². The summed E-state index contributed by atoms with van der Waals surface area (Å²) in [6.45, 7) is 4.17. The van der Waals surface area contributed by atoms with Gasteiger partial charge < -0.3 is 9.64 Å². The lowest BCUT2D eigenvalue weighted by molar-refractivity contribution is 0.0963. The summed E-state index contributed by atoms with van der Waals surface area (Å²) in [5.41, 5.74) is 2.71. The zero-order valence-electron chi connectivity index (χ0n) is 20.2. The second-order valence-electron chi connectivity index (χ2n) is 8.95. The number of Topliss-reactive ketones (excluding diaryl/α,β-unsaturated/α-hetero) is 1. The molecule has 1 aromatic heterocycles. The van der Waals surface area contributed by atoms with Crippen LogP contribution in [-0.4, -0.2) is 61.0 Å². The third-order valence-corrected chi connectivity index (χ3v) is 6.77. The van der Waals surface area contributed by atoms with Gasteiger partial charge in [-0.3, -0.25) is 19.1 Å². The Kier molecular flexibility index (Phi) is 6.82. The Morgan fingerprint density at radius 1 is 0.917 bits per heavy atom. The number of aromatic nitrogens is 1. The minimum atomic E-state index is -0.399. The molecule has 0 unspecified atom stereocenters. The van der Waals surface area contributed by atoms with E-state index in [1.807, 2.05) is 42.5 Å². The molecule has 0 amide bonds. The van der Waals surface area contributed by atoms with Crippen molar-refractivity contribution in [3.8, 4) is 5.75 Å². The zero-order valence-corrected chi connectivity index (χ0v) is 20.2. The molecule has 7 heteroatoms. The highest BCUT2D eigenvalue weighted by molar-refractivity contribution is 6.12. The third-order valence-electron chi connectivity index (χ3n) is 6.77. The molecule has 0 bridgehead atoms. The van der Waals surface area contributed by atoms with E-state index in [0.29, 0.717) is 29.6 Å². The Hall–Kier alpha value is -3.97. The number of benzene rings is 3. The van der Waals surface area contributed by atoms with Crippen molar-refractivity contribution in [1.29, 1.82) is 0 Å². The summed E-state index contributed by atoms with van der Waals surface area (Å²) in [5.74, 6) is 0.160.